The van der Waals surface area contributed by atoms with E-state index in [1.165, 1.54) is 0 Å². The van der Waals surface area contributed by atoms with Crippen LogP contribution in [0.25, 0.3) is 0 Å². The average molecular weight is 429 g/mol. The van der Waals surface area contributed by atoms with E-state index < -0.39 is 0 Å². The molecule has 2 aromatic rings. The van der Waals surface area contributed by atoms with E-state index in [1.54, 1.807) is 28.4 Å². The molecule has 0 saturated carbocycles. The van der Waals surface area contributed by atoms with Gasteiger partial charge in [-0.25, -0.2) is 0 Å². The van der Waals surface area contributed by atoms with E-state index in [2.05, 4.69) is 4.90 Å². The highest BCUT2D eigenvalue weighted by Gasteiger charge is 2.41. The summed E-state index contributed by atoms with van der Waals surface area (Å²) in [6, 6.07) is 2.08. The van der Waals surface area contributed by atoms with Gasteiger partial charge in [-0.2, -0.15) is 0 Å². The third kappa shape index (κ3) is 2.81. The van der Waals surface area contributed by atoms with Gasteiger partial charge in [-0.15, -0.1) is 0 Å². The number of ether oxygens (including phenoxy) is 6. The van der Waals surface area contributed by atoms with Crippen molar-refractivity contribution in [2.45, 2.75) is 32.0 Å². The highest BCUT2D eigenvalue weighted by atomic mass is 16.7. The number of aliphatic hydroxyl groups excluding tert-OH is 1. The van der Waals surface area contributed by atoms with Gasteiger partial charge in [0, 0.05) is 35.8 Å². The third-order valence-electron chi connectivity index (χ3n) is 6.61. The van der Waals surface area contributed by atoms with Gasteiger partial charge in [0.25, 0.3) is 0 Å². The molecule has 8 heteroatoms. The van der Waals surface area contributed by atoms with Crippen molar-refractivity contribution in [3.8, 4) is 34.5 Å². The predicted molar refractivity (Wildman–Crippen MR) is 112 cm³/mol. The monoisotopic (exact) mass is 429 g/mol. The van der Waals surface area contributed by atoms with Gasteiger partial charge in [0.15, 0.2) is 23.0 Å². The molecule has 0 spiro atoms. The molecule has 0 saturated heterocycles. The molecule has 1 unspecified atom stereocenters. The van der Waals surface area contributed by atoms with E-state index >= 15 is 0 Å². The van der Waals surface area contributed by atoms with Gasteiger partial charge in [-0.05, 0) is 30.0 Å². The maximum atomic E-state index is 10.2. The van der Waals surface area contributed by atoms with Crippen LogP contribution in [0, 0.1) is 0 Å². The minimum absolute atomic E-state index is 0.0537. The first-order valence-corrected chi connectivity index (χ1v) is 10.3. The number of hydrogen-bond donors (Lipinski definition) is 1. The normalized spacial score (nSPS) is 18.7. The second-order valence-corrected chi connectivity index (χ2v) is 7.85. The summed E-state index contributed by atoms with van der Waals surface area (Å²) in [6.07, 6.45) is 1.52. The van der Waals surface area contributed by atoms with Crippen molar-refractivity contribution in [3.05, 3.63) is 33.9 Å². The number of fused-ring (bicyclic) bond motifs is 5. The van der Waals surface area contributed by atoms with Crippen molar-refractivity contribution >= 4 is 0 Å². The maximum absolute atomic E-state index is 10.2. The van der Waals surface area contributed by atoms with Crippen molar-refractivity contribution in [1.82, 2.24) is 4.90 Å². The lowest BCUT2D eigenvalue weighted by molar-refractivity contribution is 0.152. The molecule has 0 radical (unpaired) electrons. The van der Waals surface area contributed by atoms with Crippen LogP contribution < -0.4 is 28.4 Å². The van der Waals surface area contributed by atoms with E-state index in [1.807, 2.05) is 6.07 Å². The van der Waals surface area contributed by atoms with Crippen molar-refractivity contribution in [2.24, 2.45) is 0 Å². The SMILES string of the molecule is COc1cc2c(c(CO)c1OC)CC1c3c(c(OC)c4c(c3OC)OCO4)CCN1C2. The van der Waals surface area contributed by atoms with Crippen LogP contribution in [0.4, 0.5) is 0 Å². The van der Waals surface area contributed by atoms with Crippen LogP contribution in [0.15, 0.2) is 6.07 Å². The summed E-state index contributed by atoms with van der Waals surface area (Å²) in [4.78, 5) is 2.43. The molecule has 1 N–H and O–H groups in total. The maximum Gasteiger partial charge on any atom is 0.231 e. The second-order valence-electron chi connectivity index (χ2n) is 7.85. The standard InChI is InChI=1S/C23H27NO7/c1-26-17-7-12-9-24-6-5-13-18(16(24)8-14(12)15(10-25)19(17)27-2)21(29-4)23-22(20(13)28-3)30-11-31-23/h7,16,25H,5-6,8-11H2,1-4H3. The zero-order valence-electron chi connectivity index (χ0n) is 18.2. The highest BCUT2D eigenvalue weighted by Crippen LogP contribution is 2.57. The van der Waals surface area contributed by atoms with E-state index in [4.69, 9.17) is 28.4 Å². The molecule has 0 aliphatic carbocycles. The summed E-state index contributed by atoms with van der Waals surface area (Å²) in [5.41, 5.74) is 5.18. The van der Waals surface area contributed by atoms with Crippen molar-refractivity contribution < 1.29 is 33.5 Å². The topological polar surface area (TPSA) is 78.9 Å². The second kappa shape index (κ2) is 7.69. The first-order chi connectivity index (χ1) is 15.2. The molecular weight excluding hydrogens is 402 g/mol. The molecule has 31 heavy (non-hydrogen) atoms. The number of aliphatic hydroxyl groups is 1. The fraction of sp³-hybridized carbons (Fsp3) is 0.478. The van der Waals surface area contributed by atoms with Gasteiger partial charge in [0.1, 0.15) is 0 Å². The van der Waals surface area contributed by atoms with Crippen LogP contribution in [-0.4, -0.2) is 51.8 Å². The minimum atomic E-state index is -0.121. The summed E-state index contributed by atoms with van der Waals surface area (Å²) in [5, 5.41) is 10.2. The van der Waals surface area contributed by atoms with Crippen LogP contribution in [0.5, 0.6) is 34.5 Å². The molecule has 2 aromatic carbocycles. The third-order valence-corrected chi connectivity index (χ3v) is 6.61. The first kappa shape index (κ1) is 20.1. The fourth-order valence-corrected chi connectivity index (χ4v) is 5.31. The molecule has 5 rings (SSSR count). The van der Waals surface area contributed by atoms with Crippen LogP contribution in [0.3, 0.4) is 0 Å². The Morgan fingerprint density at radius 2 is 1.68 bits per heavy atom. The first-order valence-electron chi connectivity index (χ1n) is 10.3. The predicted octanol–water partition coefficient (Wildman–Crippen LogP) is 2.60. The fourth-order valence-electron chi connectivity index (χ4n) is 5.31. The molecule has 166 valence electrons. The smallest absolute Gasteiger partial charge is 0.231 e. The van der Waals surface area contributed by atoms with E-state index in [9.17, 15) is 5.11 Å². The summed E-state index contributed by atoms with van der Waals surface area (Å²) >= 11 is 0. The van der Waals surface area contributed by atoms with Crippen LogP contribution in [0.2, 0.25) is 0 Å². The number of rotatable bonds is 5. The Morgan fingerprint density at radius 3 is 2.32 bits per heavy atom. The molecule has 3 heterocycles. The zero-order valence-corrected chi connectivity index (χ0v) is 18.2. The molecule has 0 amide bonds. The van der Waals surface area contributed by atoms with E-state index in [0.29, 0.717) is 35.2 Å². The summed E-state index contributed by atoms with van der Waals surface area (Å²) in [5.74, 6) is 3.87. The summed E-state index contributed by atoms with van der Waals surface area (Å²) in [6.45, 7) is 1.64. The molecular formula is C23H27NO7. The van der Waals surface area contributed by atoms with Gasteiger partial charge >= 0.3 is 0 Å². The zero-order chi connectivity index (χ0) is 21.7. The van der Waals surface area contributed by atoms with Crippen molar-refractivity contribution in [2.75, 3.05) is 41.8 Å². The van der Waals surface area contributed by atoms with Crippen molar-refractivity contribution in [3.63, 3.8) is 0 Å². The van der Waals surface area contributed by atoms with Gasteiger partial charge in [-0.3, -0.25) is 4.90 Å². The van der Waals surface area contributed by atoms with Gasteiger partial charge in [0.2, 0.25) is 18.3 Å². The minimum Gasteiger partial charge on any atom is -0.493 e. The quantitative estimate of drug-likeness (QED) is 0.777. The van der Waals surface area contributed by atoms with Crippen LogP contribution in [0.1, 0.15) is 33.9 Å². The lowest BCUT2D eigenvalue weighted by atomic mass is 9.81. The highest BCUT2D eigenvalue weighted by molar-refractivity contribution is 5.70. The van der Waals surface area contributed by atoms with E-state index in [0.717, 1.165) is 53.1 Å². The Balaban J connectivity index is 1.69. The van der Waals surface area contributed by atoms with Gasteiger partial charge in [0.05, 0.1) is 35.0 Å². The Morgan fingerprint density at radius 1 is 0.968 bits per heavy atom. The Bertz CT molecular complexity index is 1040. The number of nitrogens with zero attached hydrogens (tertiary/aromatic N) is 1. The number of methoxy groups -OCH3 is 4. The number of hydrogen-bond acceptors (Lipinski definition) is 8. The molecule has 0 fully saturated rings. The molecule has 3 aliphatic rings. The van der Waals surface area contributed by atoms with Gasteiger partial charge < -0.3 is 33.5 Å². The molecule has 8 nitrogen and oxygen atoms in total. The van der Waals surface area contributed by atoms with Crippen molar-refractivity contribution in [1.29, 1.82) is 0 Å². The summed E-state index contributed by atoms with van der Waals surface area (Å²) in [7, 11) is 6.54. The van der Waals surface area contributed by atoms with Gasteiger partial charge in [-0.1, -0.05) is 0 Å². The Kier molecular flexibility index (Phi) is 4.98. The Hall–Kier alpha value is -2.84. The van der Waals surface area contributed by atoms with E-state index in [-0.39, 0.29) is 19.4 Å². The van der Waals surface area contributed by atoms with Crippen LogP contribution >= 0.6 is 0 Å². The average Bonchev–Trinajstić information content (AvgIpc) is 3.29. The summed E-state index contributed by atoms with van der Waals surface area (Å²) < 4.78 is 34.2. The lowest BCUT2D eigenvalue weighted by Gasteiger charge is -2.43. The molecule has 1 atom stereocenters. The largest absolute Gasteiger partial charge is 0.493 e. The molecule has 0 aromatic heterocycles. The van der Waals surface area contributed by atoms with Crippen LogP contribution in [-0.2, 0) is 26.0 Å². The molecule has 0 bridgehead atoms. The Labute approximate surface area is 181 Å². The lowest BCUT2D eigenvalue weighted by Crippen LogP contribution is -2.40. The number of benzene rings is 2. The molecule has 3 aliphatic heterocycles.